The highest BCUT2D eigenvalue weighted by molar-refractivity contribution is 7.89. The van der Waals surface area contributed by atoms with Gasteiger partial charge in [0.1, 0.15) is 13.2 Å². The second-order valence-electron chi connectivity index (χ2n) is 8.12. The Bertz CT molecular complexity index is 893. The van der Waals surface area contributed by atoms with Crippen LogP contribution in [0.1, 0.15) is 19.8 Å². The lowest BCUT2D eigenvalue weighted by Gasteiger charge is -2.29. The third kappa shape index (κ3) is 3.77. The van der Waals surface area contributed by atoms with Crippen molar-refractivity contribution in [1.82, 2.24) is 9.62 Å². The van der Waals surface area contributed by atoms with Crippen molar-refractivity contribution in [3.63, 3.8) is 0 Å². The van der Waals surface area contributed by atoms with Crippen LogP contribution in [0.4, 0.5) is 0 Å². The van der Waals surface area contributed by atoms with E-state index in [2.05, 4.69) is 16.5 Å². The number of hydrogen-bond donors (Lipinski definition) is 2. The minimum atomic E-state index is -3.60. The monoisotopic (exact) mass is 440 g/mol. The van der Waals surface area contributed by atoms with Gasteiger partial charge in [0.05, 0.1) is 16.6 Å². The van der Waals surface area contributed by atoms with Crippen LogP contribution in [0.5, 0.6) is 11.5 Å². The molecule has 0 radical (unpaired) electrons. The van der Waals surface area contributed by atoms with Gasteiger partial charge < -0.3 is 24.2 Å². The van der Waals surface area contributed by atoms with Crippen LogP contribution in [-0.2, 0) is 19.6 Å². The first-order valence-corrected chi connectivity index (χ1v) is 11.8. The molecule has 2 bridgehead atoms. The van der Waals surface area contributed by atoms with Crippen LogP contribution in [0.3, 0.4) is 0 Å². The average molecular weight is 441 g/mol. The molecule has 0 aliphatic carbocycles. The van der Waals surface area contributed by atoms with E-state index in [0.717, 1.165) is 32.5 Å². The molecule has 4 atom stereocenters. The second-order valence-corrected chi connectivity index (χ2v) is 9.89. The summed E-state index contributed by atoms with van der Waals surface area (Å²) in [7, 11) is -3.60. The van der Waals surface area contributed by atoms with Gasteiger partial charge >= 0.3 is 0 Å². The number of rotatable bonds is 5. The first-order chi connectivity index (χ1) is 14.4. The Morgan fingerprint density at radius 3 is 2.77 bits per heavy atom. The van der Waals surface area contributed by atoms with Crippen LogP contribution < -0.4 is 14.2 Å². The van der Waals surface area contributed by atoms with E-state index < -0.39 is 10.0 Å². The van der Waals surface area contributed by atoms with Gasteiger partial charge in [0.2, 0.25) is 10.0 Å². The summed E-state index contributed by atoms with van der Waals surface area (Å²) in [6.45, 7) is 6.26. The molecule has 3 saturated heterocycles. The number of nitrogens with zero attached hydrogens (tertiary/aromatic N) is 1. The predicted octanol–water partition coefficient (Wildman–Crippen LogP) is 0.936. The maximum Gasteiger partial charge on any atom is 0.290 e. The number of likely N-dealkylation sites (tertiary alicyclic amines) is 1. The number of carbonyl (C=O) groups is 1. The average Bonchev–Trinajstić information content (AvgIpc) is 3.40. The lowest BCUT2D eigenvalue weighted by molar-refractivity contribution is -0.122. The third-order valence-electron chi connectivity index (χ3n) is 6.63. The van der Waals surface area contributed by atoms with E-state index in [1.807, 2.05) is 0 Å². The zero-order valence-corrected chi connectivity index (χ0v) is 17.8. The van der Waals surface area contributed by atoms with Gasteiger partial charge in [-0.1, -0.05) is 6.92 Å². The van der Waals surface area contributed by atoms with Gasteiger partial charge in [0, 0.05) is 37.5 Å². The number of nitrogens with one attached hydrogen (secondary N) is 1. The molecule has 9 nitrogen and oxygen atoms in total. The second kappa shape index (κ2) is 8.33. The Morgan fingerprint density at radius 1 is 1.30 bits per heavy atom. The Hall–Kier alpha value is -1.88. The molecule has 0 unspecified atom stereocenters. The number of fused-ring (bicyclic) bond motifs is 2. The first-order valence-electron chi connectivity index (χ1n) is 10.3. The normalized spacial score (nSPS) is 31.7. The fourth-order valence-corrected chi connectivity index (χ4v) is 6.37. The zero-order chi connectivity index (χ0) is 21.4. The Labute approximate surface area is 176 Å². The van der Waals surface area contributed by atoms with Crippen molar-refractivity contribution in [2.75, 3.05) is 39.4 Å². The molecular formula is C20H28N2O7S. The number of ether oxygens (including phenoxy) is 3. The third-order valence-corrected chi connectivity index (χ3v) is 8.06. The van der Waals surface area contributed by atoms with E-state index in [4.69, 9.17) is 24.1 Å². The van der Waals surface area contributed by atoms with Gasteiger partial charge in [-0.25, -0.2) is 13.1 Å². The number of hydrogen-bond acceptors (Lipinski definition) is 7. The largest absolute Gasteiger partial charge is 0.486 e. The highest BCUT2D eigenvalue weighted by Crippen LogP contribution is 2.54. The molecule has 30 heavy (non-hydrogen) atoms. The highest BCUT2D eigenvalue weighted by atomic mass is 32.2. The number of sulfonamides is 1. The molecule has 0 aromatic heterocycles. The summed E-state index contributed by atoms with van der Waals surface area (Å²) < 4.78 is 45.8. The summed E-state index contributed by atoms with van der Waals surface area (Å²) in [4.78, 5) is 11.0. The predicted molar refractivity (Wildman–Crippen MR) is 107 cm³/mol. The van der Waals surface area contributed by atoms with Gasteiger partial charge in [-0.05, 0) is 31.5 Å². The van der Waals surface area contributed by atoms with E-state index in [0.29, 0.717) is 37.2 Å². The van der Waals surface area contributed by atoms with Crippen LogP contribution in [0.15, 0.2) is 23.1 Å². The van der Waals surface area contributed by atoms with E-state index in [-0.39, 0.29) is 29.0 Å². The lowest BCUT2D eigenvalue weighted by Crippen LogP contribution is -2.41. The van der Waals surface area contributed by atoms with Crippen molar-refractivity contribution in [2.45, 2.75) is 36.4 Å². The van der Waals surface area contributed by atoms with Crippen molar-refractivity contribution in [2.24, 2.45) is 11.8 Å². The Kier molecular flexibility index (Phi) is 5.93. The molecule has 4 aliphatic heterocycles. The Morgan fingerprint density at radius 2 is 2.03 bits per heavy atom. The fourth-order valence-electron chi connectivity index (χ4n) is 5.28. The van der Waals surface area contributed by atoms with Crippen molar-refractivity contribution in [3.05, 3.63) is 18.2 Å². The molecule has 2 N–H and O–H groups in total. The molecule has 4 aliphatic rings. The lowest BCUT2D eigenvalue weighted by atomic mass is 9.74. The number of benzene rings is 1. The van der Waals surface area contributed by atoms with Crippen LogP contribution in [-0.4, -0.2) is 76.0 Å². The van der Waals surface area contributed by atoms with E-state index in [1.54, 1.807) is 18.2 Å². The molecule has 0 saturated carbocycles. The maximum atomic E-state index is 12.8. The number of carboxylic acid groups (broad SMARTS) is 1. The van der Waals surface area contributed by atoms with Crippen LogP contribution >= 0.6 is 0 Å². The molecule has 3 fully saturated rings. The topological polar surface area (TPSA) is 114 Å². The smallest absolute Gasteiger partial charge is 0.290 e. The van der Waals surface area contributed by atoms with E-state index in [1.165, 1.54) is 0 Å². The first kappa shape index (κ1) is 21.4. The quantitative estimate of drug-likeness (QED) is 0.650. The van der Waals surface area contributed by atoms with Gasteiger partial charge in [0.25, 0.3) is 6.47 Å². The summed E-state index contributed by atoms with van der Waals surface area (Å²) in [5, 5.41) is 6.89. The van der Waals surface area contributed by atoms with Crippen LogP contribution in [0, 0.1) is 11.8 Å². The summed E-state index contributed by atoms with van der Waals surface area (Å²) in [6.07, 6.45) is 2.31. The molecule has 1 aromatic rings. The Balaban J connectivity index is 0.000000687. The van der Waals surface area contributed by atoms with Crippen LogP contribution in [0.2, 0.25) is 0 Å². The standard InChI is InChI=1S/C19H26N2O5S.CH2O2/c1-2-21-11-15-14(16-5-6-19(15,12-21)26-16)10-20-27(22,23)13-3-4-17-18(9-13)25-8-7-24-17;2-1-3/h3-4,9,14-16,20H,2,5-8,10-12H2,1H3;1H,(H,2,3)/t14-,15+,16+,19+;/m0./s1. The molecule has 166 valence electrons. The molecule has 4 heterocycles. The molecule has 10 heteroatoms. The van der Waals surface area contributed by atoms with Gasteiger partial charge in [0.15, 0.2) is 11.5 Å². The number of likely N-dealkylation sites (N-methyl/N-ethyl adjacent to an activating group) is 1. The van der Waals surface area contributed by atoms with Crippen molar-refractivity contribution in [1.29, 1.82) is 0 Å². The maximum absolute atomic E-state index is 12.8. The summed E-state index contributed by atoms with van der Waals surface area (Å²) >= 11 is 0. The van der Waals surface area contributed by atoms with Crippen molar-refractivity contribution >= 4 is 16.5 Å². The molecular weight excluding hydrogens is 412 g/mol. The van der Waals surface area contributed by atoms with Crippen molar-refractivity contribution in [3.8, 4) is 11.5 Å². The molecule has 1 aromatic carbocycles. The van der Waals surface area contributed by atoms with E-state index >= 15 is 0 Å². The van der Waals surface area contributed by atoms with Gasteiger partial charge in [-0.15, -0.1) is 0 Å². The summed E-state index contributed by atoms with van der Waals surface area (Å²) in [6, 6.07) is 4.78. The van der Waals surface area contributed by atoms with Gasteiger partial charge in [-0.2, -0.15) is 0 Å². The highest BCUT2D eigenvalue weighted by Gasteiger charge is 2.62. The molecule has 0 amide bonds. The fraction of sp³-hybridized carbons (Fsp3) is 0.650. The molecule has 1 spiro atoms. The SMILES string of the molecule is CCN1C[C@@H]2[C@H](CNS(=O)(=O)c3ccc4c(c3)OCCO4)[C@H]3CC[C@]2(C1)O3.O=CO. The molecule has 5 rings (SSSR count). The van der Waals surface area contributed by atoms with Crippen molar-refractivity contribution < 1.29 is 32.5 Å². The van der Waals surface area contributed by atoms with E-state index in [9.17, 15) is 8.42 Å². The zero-order valence-electron chi connectivity index (χ0n) is 17.0. The summed E-state index contributed by atoms with van der Waals surface area (Å²) in [5.74, 6) is 1.73. The minimum absolute atomic E-state index is 0.0478. The summed E-state index contributed by atoms with van der Waals surface area (Å²) in [5.41, 5.74) is -0.0478. The van der Waals surface area contributed by atoms with Gasteiger partial charge in [-0.3, -0.25) is 4.79 Å². The van der Waals surface area contributed by atoms with Crippen LogP contribution in [0.25, 0.3) is 0 Å². The minimum Gasteiger partial charge on any atom is -0.486 e.